The Morgan fingerprint density at radius 1 is 0.850 bits per heavy atom. The van der Waals surface area contributed by atoms with Crippen LogP contribution in [0, 0.1) is 20.8 Å². The molecule has 20 heavy (non-hydrogen) atoms. The van der Waals surface area contributed by atoms with Crippen LogP contribution in [0.5, 0.6) is 0 Å². The van der Waals surface area contributed by atoms with Crippen LogP contribution in [-0.4, -0.2) is 16.9 Å². The van der Waals surface area contributed by atoms with Crippen LogP contribution in [0.25, 0.3) is 0 Å². The summed E-state index contributed by atoms with van der Waals surface area (Å²) in [6.45, 7) is 5.85. The van der Waals surface area contributed by atoms with E-state index < -0.39 is 5.97 Å². The molecule has 3 heteroatoms. The molecule has 0 amide bonds. The zero-order valence-corrected chi connectivity index (χ0v) is 11.7. The van der Waals surface area contributed by atoms with E-state index in [1.54, 1.807) is 12.1 Å². The van der Waals surface area contributed by atoms with Crippen molar-refractivity contribution >= 4 is 11.8 Å². The van der Waals surface area contributed by atoms with Gasteiger partial charge < -0.3 is 5.11 Å². The van der Waals surface area contributed by atoms with Crippen LogP contribution in [0.2, 0.25) is 0 Å². The first-order valence-corrected chi connectivity index (χ1v) is 6.36. The molecule has 102 valence electrons. The fourth-order valence-electron chi connectivity index (χ4n) is 2.15. The van der Waals surface area contributed by atoms with Gasteiger partial charge in [0.2, 0.25) is 0 Å². The zero-order chi connectivity index (χ0) is 14.9. The van der Waals surface area contributed by atoms with Crippen LogP contribution < -0.4 is 0 Å². The third kappa shape index (κ3) is 2.62. The standard InChI is InChI=1S/C17H16O3/c1-10-7-12(3)15(8-11(10)2)16(18)13-5-4-6-14(9-13)17(19)20/h4-9H,1-3H3,(H,19,20). The van der Waals surface area contributed by atoms with Crippen LogP contribution in [-0.2, 0) is 0 Å². The van der Waals surface area contributed by atoms with E-state index >= 15 is 0 Å². The van der Waals surface area contributed by atoms with Crippen molar-refractivity contribution in [3.63, 3.8) is 0 Å². The Bertz CT molecular complexity index is 699. The van der Waals surface area contributed by atoms with E-state index in [1.807, 2.05) is 32.9 Å². The van der Waals surface area contributed by atoms with Crippen molar-refractivity contribution in [1.82, 2.24) is 0 Å². The largest absolute Gasteiger partial charge is 0.478 e. The van der Waals surface area contributed by atoms with Gasteiger partial charge in [-0.05, 0) is 55.7 Å². The van der Waals surface area contributed by atoms with Gasteiger partial charge >= 0.3 is 5.97 Å². The van der Waals surface area contributed by atoms with Crippen LogP contribution in [0.3, 0.4) is 0 Å². The molecule has 0 unspecified atom stereocenters. The van der Waals surface area contributed by atoms with Crippen LogP contribution in [0.4, 0.5) is 0 Å². The van der Waals surface area contributed by atoms with Crippen LogP contribution in [0.1, 0.15) is 43.0 Å². The maximum atomic E-state index is 12.5. The molecule has 0 spiro atoms. The van der Waals surface area contributed by atoms with Crippen molar-refractivity contribution in [2.24, 2.45) is 0 Å². The lowest BCUT2D eigenvalue weighted by atomic mass is 9.94. The van der Waals surface area contributed by atoms with Gasteiger partial charge in [-0.3, -0.25) is 4.79 Å². The Kier molecular flexibility index (Phi) is 3.70. The first kappa shape index (κ1) is 14.0. The Morgan fingerprint density at radius 3 is 2.10 bits per heavy atom. The number of hydrogen-bond acceptors (Lipinski definition) is 2. The quantitative estimate of drug-likeness (QED) is 0.866. The predicted molar refractivity (Wildman–Crippen MR) is 77.5 cm³/mol. The minimum atomic E-state index is -1.03. The third-order valence-electron chi connectivity index (χ3n) is 3.46. The molecule has 0 atom stereocenters. The SMILES string of the molecule is Cc1cc(C)c(C(=O)c2cccc(C(=O)O)c2)cc1C. The third-order valence-corrected chi connectivity index (χ3v) is 3.46. The topological polar surface area (TPSA) is 54.4 Å². The minimum absolute atomic E-state index is 0.123. The Balaban J connectivity index is 2.49. The number of hydrogen-bond donors (Lipinski definition) is 1. The highest BCUT2D eigenvalue weighted by atomic mass is 16.4. The highest BCUT2D eigenvalue weighted by Crippen LogP contribution is 2.19. The summed E-state index contributed by atoms with van der Waals surface area (Å²) in [4.78, 5) is 23.5. The highest BCUT2D eigenvalue weighted by molar-refractivity contribution is 6.10. The number of carboxylic acid groups (broad SMARTS) is 1. The van der Waals surface area contributed by atoms with E-state index in [9.17, 15) is 9.59 Å². The predicted octanol–water partition coefficient (Wildman–Crippen LogP) is 3.54. The maximum Gasteiger partial charge on any atom is 0.335 e. The summed E-state index contributed by atoms with van der Waals surface area (Å²) < 4.78 is 0. The lowest BCUT2D eigenvalue weighted by molar-refractivity contribution is 0.0697. The first-order valence-electron chi connectivity index (χ1n) is 6.36. The van der Waals surface area contributed by atoms with Crippen LogP contribution in [0.15, 0.2) is 36.4 Å². The van der Waals surface area contributed by atoms with Gasteiger partial charge in [0.15, 0.2) is 5.78 Å². The molecule has 0 heterocycles. The van der Waals surface area contributed by atoms with E-state index in [0.29, 0.717) is 11.1 Å². The molecule has 0 bridgehead atoms. The van der Waals surface area contributed by atoms with Crippen molar-refractivity contribution < 1.29 is 14.7 Å². The number of carboxylic acids is 1. The fraction of sp³-hybridized carbons (Fsp3) is 0.176. The molecule has 0 aliphatic heterocycles. The van der Waals surface area contributed by atoms with Gasteiger partial charge in [0.25, 0.3) is 0 Å². The highest BCUT2D eigenvalue weighted by Gasteiger charge is 2.14. The number of aryl methyl sites for hydroxylation is 3. The number of aromatic carboxylic acids is 1. The minimum Gasteiger partial charge on any atom is -0.478 e. The summed E-state index contributed by atoms with van der Waals surface area (Å²) in [5.41, 5.74) is 4.23. The van der Waals surface area contributed by atoms with E-state index in [1.165, 1.54) is 12.1 Å². The Hall–Kier alpha value is -2.42. The number of carbonyl (C=O) groups excluding carboxylic acids is 1. The molecule has 2 aromatic carbocycles. The van der Waals surface area contributed by atoms with E-state index in [4.69, 9.17) is 5.11 Å². The van der Waals surface area contributed by atoms with E-state index in [2.05, 4.69) is 0 Å². The monoisotopic (exact) mass is 268 g/mol. The molecule has 2 aromatic rings. The number of ketones is 1. The van der Waals surface area contributed by atoms with Crippen molar-refractivity contribution in [3.8, 4) is 0 Å². The second-order valence-corrected chi connectivity index (χ2v) is 4.97. The van der Waals surface area contributed by atoms with Gasteiger partial charge in [-0.25, -0.2) is 4.79 Å². The summed E-state index contributed by atoms with van der Waals surface area (Å²) in [5, 5.41) is 8.99. The number of carbonyl (C=O) groups is 2. The van der Waals surface area contributed by atoms with Crippen LogP contribution >= 0.6 is 0 Å². The summed E-state index contributed by atoms with van der Waals surface area (Å²) in [6.07, 6.45) is 0. The molecule has 0 radical (unpaired) electrons. The summed E-state index contributed by atoms with van der Waals surface area (Å²) in [5.74, 6) is -1.18. The fourth-order valence-corrected chi connectivity index (χ4v) is 2.15. The molecule has 2 rings (SSSR count). The van der Waals surface area contributed by atoms with E-state index in [0.717, 1.165) is 16.7 Å². The smallest absolute Gasteiger partial charge is 0.335 e. The average molecular weight is 268 g/mol. The lowest BCUT2D eigenvalue weighted by Crippen LogP contribution is -2.07. The molecule has 0 aliphatic carbocycles. The van der Waals surface area contributed by atoms with Crippen molar-refractivity contribution in [2.45, 2.75) is 20.8 Å². The van der Waals surface area contributed by atoms with Gasteiger partial charge in [-0.15, -0.1) is 0 Å². The number of rotatable bonds is 3. The maximum absolute atomic E-state index is 12.5. The average Bonchev–Trinajstić information content (AvgIpc) is 2.42. The summed E-state index contributed by atoms with van der Waals surface area (Å²) in [6, 6.07) is 9.96. The van der Waals surface area contributed by atoms with Crippen molar-refractivity contribution in [2.75, 3.05) is 0 Å². The van der Waals surface area contributed by atoms with Crippen molar-refractivity contribution in [1.29, 1.82) is 0 Å². The molecule has 0 saturated carbocycles. The normalized spacial score (nSPS) is 10.3. The summed E-state index contributed by atoms with van der Waals surface area (Å²) >= 11 is 0. The molecule has 0 fully saturated rings. The van der Waals surface area contributed by atoms with Gasteiger partial charge in [0.05, 0.1) is 5.56 Å². The van der Waals surface area contributed by atoms with Crippen molar-refractivity contribution in [3.05, 3.63) is 69.8 Å². The molecule has 3 nitrogen and oxygen atoms in total. The molecule has 0 aliphatic rings. The first-order chi connectivity index (χ1) is 9.40. The second kappa shape index (κ2) is 5.29. The van der Waals surface area contributed by atoms with Gasteiger partial charge in [-0.2, -0.15) is 0 Å². The zero-order valence-electron chi connectivity index (χ0n) is 11.7. The van der Waals surface area contributed by atoms with Gasteiger partial charge in [0.1, 0.15) is 0 Å². The Labute approximate surface area is 117 Å². The molecule has 1 N–H and O–H groups in total. The van der Waals surface area contributed by atoms with Gasteiger partial charge in [0, 0.05) is 11.1 Å². The molecule has 0 saturated heterocycles. The van der Waals surface area contributed by atoms with E-state index in [-0.39, 0.29) is 11.3 Å². The molecular weight excluding hydrogens is 252 g/mol. The summed E-state index contributed by atoms with van der Waals surface area (Å²) in [7, 11) is 0. The Morgan fingerprint density at radius 2 is 1.45 bits per heavy atom. The molecule has 0 aromatic heterocycles. The number of benzene rings is 2. The molecular formula is C17H16O3. The second-order valence-electron chi connectivity index (χ2n) is 4.97. The van der Waals surface area contributed by atoms with Gasteiger partial charge in [-0.1, -0.05) is 18.2 Å². The lowest BCUT2D eigenvalue weighted by Gasteiger charge is -2.09.